The SMILES string of the molecule is CC#CCn1c(N2CCCC(NC(=O)OC(C)(C)C)C2)nc2c1c(=O)n(Cc1nc(C)cc3ccccc13)c(=O)n2C. The number of alkyl carbamates (subject to hydrolysis) is 1. The standard InChI is InChI=1S/C31H37N7O4/c1-7-8-16-37-25-26(34-28(37)36-15-11-13-22(18-36)33-29(40)42-31(3,4)5)35(6)30(41)38(27(25)39)19-24-23-14-10-9-12-21(23)17-20(2)32-24/h9-10,12,14,17,22H,11,13,15-16,18-19H2,1-6H3,(H,33,40). The number of carbonyl (C=O) groups is 1. The Morgan fingerprint density at radius 1 is 1.17 bits per heavy atom. The fourth-order valence-electron chi connectivity index (χ4n) is 5.49. The first kappa shape index (κ1) is 28.9. The smallest absolute Gasteiger partial charge is 0.407 e. The molecule has 0 spiro atoms. The topological polar surface area (TPSA) is 116 Å². The molecule has 0 radical (unpaired) electrons. The van der Waals surface area contributed by atoms with Gasteiger partial charge in [-0.25, -0.2) is 9.59 Å². The Bertz CT molecular complexity index is 1850. The molecule has 3 aromatic heterocycles. The summed E-state index contributed by atoms with van der Waals surface area (Å²) in [5, 5.41) is 4.85. The number of amides is 1. The van der Waals surface area contributed by atoms with Gasteiger partial charge in [-0.2, -0.15) is 4.98 Å². The predicted octanol–water partition coefficient (Wildman–Crippen LogP) is 3.32. The summed E-state index contributed by atoms with van der Waals surface area (Å²) in [6, 6.07) is 9.62. The Morgan fingerprint density at radius 3 is 2.67 bits per heavy atom. The lowest BCUT2D eigenvalue weighted by molar-refractivity contribution is 0.0499. The number of anilines is 1. The third-order valence-corrected chi connectivity index (χ3v) is 7.31. The number of nitrogens with one attached hydrogen (secondary N) is 1. The van der Waals surface area contributed by atoms with Crippen molar-refractivity contribution >= 4 is 34.0 Å². The summed E-state index contributed by atoms with van der Waals surface area (Å²) in [4.78, 5) is 51.6. The lowest BCUT2D eigenvalue weighted by Crippen LogP contribution is -2.49. The maximum Gasteiger partial charge on any atom is 0.407 e. The van der Waals surface area contributed by atoms with Crippen LogP contribution in [0.3, 0.4) is 0 Å². The third-order valence-electron chi connectivity index (χ3n) is 7.31. The molecule has 1 unspecified atom stereocenters. The van der Waals surface area contributed by atoms with Crippen molar-refractivity contribution in [3.63, 3.8) is 0 Å². The summed E-state index contributed by atoms with van der Waals surface area (Å²) >= 11 is 0. The summed E-state index contributed by atoms with van der Waals surface area (Å²) in [5.41, 5.74) is 0.525. The average molecular weight is 572 g/mol. The van der Waals surface area contributed by atoms with Gasteiger partial charge in [-0.15, -0.1) is 5.92 Å². The fourth-order valence-corrected chi connectivity index (χ4v) is 5.49. The number of aromatic nitrogens is 5. The Hall–Kier alpha value is -4.59. The van der Waals surface area contributed by atoms with Gasteiger partial charge in [0, 0.05) is 37.3 Å². The quantitative estimate of drug-likeness (QED) is 0.366. The van der Waals surface area contributed by atoms with E-state index in [2.05, 4.69) is 22.1 Å². The summed E-state index contributed by atoms with van der Waals surface area (Å²) in [6.45, 7) is 10.5. The van der Waals surface area contributed by atoms with Crippen LogP contribution in [0.15, 0.2) is 39.9 Å². The molecule has 1 aliphatic rings. The Morgan fingerprint density at radius 2 is 1.93 bits per heavy atom. The predicted molar refractivity (Wildman–Crippen MR) is 163 cm³/mol. The van der Waals surface area contributed by atoms with E-state index < -0.39 is 22.9 Å². The molecular weight excluding hydrogens is 534 g/mol. The molecular formula is C31H37N7O4. The highest BCUT2D eigenvalue weighted by Gasteiger charge is 2.29. The summed E-state index contributed by atoms with van der Waals surface area (Å²) < 4.78 is 9.87. The summed E-state index contributed by atoms with van der Waals surface area (Å²) in [5.74, 6) is 6.50. The maximum atomic E-state index is 14.1. The highest BCUT2D eigenvalue weighted by Crippen LogP contribution is 2.24. The van der Waals surface area contributed by atoms with Crippen LogP contribution < -0.4 is 21.5 Å². The number of aryl methyl sites for hydroxylation is 2. The Labute approximate surface area is 244 Å². The zero-order chi connectivity index (χ0) is 30.2. The van der Waals surface area contributed by atoms with Crippen LogP contribution in [-0.2, 0) is 24.9 Å². The molecule has 4 aromatic rings. The van der Waals surface area contributed by atoms with Crippen molar-refractivity contribution in [1.29, 1.82) is 0 Å². The zero-order valence-corrected chi connectivity index (χ0v) is 25.0. The van der Waals surface area contributed by atoms with E-state index in [1.807, 2.05) is 62.9 Å². The highest BCUT2D eigenvalue weighted by molar-refractivity contribution is 5.85. The third kappa shape index (κ3) is 5.75. The largest absolute Gasteiger partial charge is 0.444 e. The van der Waals surface area contributed by atoms with Gasteiger partial charge in [-0.1, -0.05) is 30.2 Å². The van der Waals surface area contributed by atoms with Crippen molar-refractivity contribution < 1.29 is 9.53 Å². The van der Waals surface area contributed by atoms with E-state index >= 15 is 0 Å². The van der Waals surface area contributed by atoms with Crippen molar-refractivity contribution in [3.05, 3.63) is 62.6 Å². The van der Waals surface area contributed by atoms with E-state index in [1.165, 1.54) is 9.13 Å². The molecule has 1 amide bonds. The fraction of sp³-hybridized carbons (Fsp3) is 0.452. The van der Waals surface area contributed by atoms with E-state index in [9.17, 15) is 14.4 Å². The molecule has 42 heavy (non-hydrogen) atoms. The molecule has 1 aromatic carbocycles. The molecule has 0 aliphatic carbocycles. The van der Waals surface area contributed by atoms with E-state index in [4.69, 9.17) is 9.72 Å². The summed E-state index contributed by atoms with van der Waals surface area (Å²) in [7, 11) is 1.62. The maximum absolute atomic E-state index is 14.1. The number of nitrogens with zero attached hydrogens (tertiary/aromatic N) is 6. The van der Waals surface area contributed by atoms with Crippen molar-refractivity contribution in [2.75, 3.05) is 18.0 Å². The number of hydrogen-bond acceptors (Lipinski definition) is 7. The van der Waals surface area contributed by atoms with Crippen LogP contribution in [0.4, 0.5) is 10.7 Å². The van der Waals surface area contributed by atoms with Crippen molar-refractivity contribution in [1.82, 2.24) is 29.0 Å². The van der Waals surface area contributed by atoms with Gasteiger partial charge in [-0.3, -0.25) is 23.5 Å². The normalized spacial score (nSPS) is 15.5. The van der Waals surface area contributed by atoms with Crippen molar-refractivity contribution in [3.8, 4) is 11.8 Å². The summed E-state index contributed by atoms with van der Waals surface area (Å²) in [6.07, 6.45) is 1.12. The minimum Gasteiger partial charge on any atom is -0.444 e. The molecule has 220 valence electrons. The minimum atomic E-state index is -0.601. The number of hydrogen-bond donors (Lipinski definition) is 1. The number of piperidine rings is 1. The lowest BCUT2D eigenvalue weighted by Gasteiger charge is -2.34. The number of imidazole rings is 1. The van der Waals surface area contributed by atoms with E-state index in [0.29, 0.717) is 35.9 Å². The van der Waals surface area contributed by atoms with Gasteiger partial charge >= 0.3 is 11.8 Å². The molecule has 11 heteroatoms. The number of rotatable bonds is 5. The second-order valence-electron chi connectivity index (χ2n) is 11.7. The molecule has 1 aliphatic heterocycles. The molecule has 1 atom stereocenters. The van der Waals surface area contributed by atoms with Crippen LogP contribution in [-0.4, -0.2) is 54.5 Å². The van der Waals surface area contributed by atoms with E-state index in [0.717, 1.165) is 29.3 Å². The monoisotopic (exact) mass is 571 g/mol. The van der Waals surface area contributed by atoms with E-state index in [1.54, 1.807) is 18.5 Å². The molecule has 1 N–H and O–H groups in total. The number of benzene rings is 1. The van der Waals surface area contributed by atoms with Crippen LogP contribution in [0.25, 0.3) is 21.9 Å². The van der Waals surface area contributed by atoms with Gasteiger partial charge in [0.15, 0.2) is 11.2 Å². The minimum absolute atomic E-state index is 0.0230. The van der Waals surface area contributed by atoms with E-state index in [-0.39, 0.29) is 19.1 Å². The lowest BCUT2D eigenvalue weighted by atomic mass is 10.1. The van der Waals surface area contributed by atoms with Gasteiger partial charge in [0.05, 0.1) is 18.8 Å². The molecule has 5 rings (SSSR count). The molecule has 1 saturated heterocycles. The van der Waals surface area contributed by atoms with Crippen molar-refractivity contribution in [2.24, 2.45) is 7.05 Å². The molecule has 4 heterocycles. The zero-order valence-electron chi connectivity index (χ0n) is 25.0. The Balaban J connectivity index is 1.58. The first-order valence-corrected chi connectivity index (χ1v) is 14.2. The second-order valence-corrected chi connectivity index (χ2v) is 11.7. The van der Waals surface area contributed by atoms with Crippen LogP contribution in [0.2, 0.25) is 0 Å². The van der Waals surface area contributed by atoms with Gasteiger partial charge in [0.25, 0.3) is 5.56 Å². The number of carbonyl (C=O) groups excluding carboxylic acids is 1. The molecule has 11 nitrogen and oxygen atoms in total. The molecule has 1 fully saturated rings. The number of ether oxygens (including phenoxy) is 1. The first-order chi connectivity index (χ1) is 20.0. The van der Waals surface area contributed by atoms with Crippen molar-refractivity contribution in [2.45, 2.75) is 72.2 Å². The second kappa shape index (κ2) is 11.4. The van der Waals surface area contributed by atoms with Crippen LogP contribution in [0.1, 0.15) is 51.9 Å². The molecule has 0 bridgehead atoms. The number of pyridine rings is 1. The van der Waals surface area contributed by atoms with Crippen LogP contribution >= 0.6 is 0 Å². The molecule has 0 saturated carbocycles. The Kier molecular flexibility index (Phi) is 7.82. The van der Waals surface area contributed by atoms with Crippen LogP contribution in [0.5, 0.6) is 0 Å². The van der Waals surface area contributed by atoms with Gasteiger partial charge in [0.1, 0.15) is 5.60 Å². The van der Waals surface area contributed by atoms with Crippen LogP contribution in [0, 0.1) is 18.8 Å². The van der Waals surface area contributed by atoms with Gasteiger partial charge < -0.3 is 15.0 Å². The first-order valence-electron chi connectivity index (χ1n) is 14.2. The van der Waals surface area contributed by atoms with Gasteiger partial charge in [-0.05, 0) is 58.9 Å². The average Bonchev–Trinajstić information content (AvgIpc) is 3.31. The highest BCUT2D eigenvalue weighted by atomic mass is 16.6. The van der Waals surface area contributed by atoms with Gasteiger partial charge in [0.2, 0.25) is 5.95 Å². The number of fused-ring (bicyclic) bond motifs is 2.